The highest BCUT2D eigenvalue weighted by Crippen LogP contribution is 2.29. The number of hydrogen-bond donors (Lipinski definition) is 1. The van der Waals surface area contributed by atoms with Gasteiger partial charge in [0.15, 0.2) is 0 Å². The predicted octanol–water partition coefficient (Wildman–Crippen LogP) is 2.26. The Labute approximate surface area is 89.5 Å². The molecule has 1 rings (SSSR count). The largest absolute Gasteiger partial charge is 0.432 e. The van der Waals surface area contributed by atoms with Gasteiger partial charge < -0.3 is 9.84 Å². The highest BCUT2D eigenvalue weighted by molar-refractivity contribution is 5.66. The van der Waals surface area contributed by atoms with Gasteiger partial charge in [-0.1, -0.05) is 12.1 Å². The Morgan fingerprint density at radius 1 is 1.31 bits per heavy atom. The van der Waals surface area contributed by atoms with E-state index >= 15 is 0 Å². The SMILES string of the molecule is CC(=O)OC(O)c1ccc(C(F)(F)F)cc1. The molecular formula is C10H9F3O3. The van der Waals surface area contributed by atoms with Crippen molar-refractivity contribution in [2.75, 3.05) is 0 Å². The van der Waals surface area contributed by atoms with Gasteiger partial charge in [0.2, 0.25) is 6.29 Å². The smallest absolute Gasteiger partial charge is 0.416 e. The number of halogens is 3. The fourth-order valence-electron chi connectivity index (χ4n) is 1.06. The van der Waals surface area contributed by atoms with Crippen molar-refractivity contribution >= 4 is 5.97 Å². The van der Waals surface area contributed by atoms with E-state index in [2.05, 4.69) is 4.74 Å². The molecule has 0 saturated carbocycles. The first-order valence-corrected chi connectivity index (χ1v) is 4.33. The third-order valence-corrected chi connectivity index (χ3v) is 1.80. The van der Waals surface area contributed by atoms with Gasteiger partial charge in [-0.2, -0.15) is 13.2 Å². The maximum atomic E-state index is 12.2. The van der Waals surface area contributed by atoms with Crippen LogP contribution in [0, 0.1) is 0 Å². The van der Waals surface area contributed by atoms with Crippen LogP contribution in [0.1, 0.15) is 24.3 Å². The molecular weight excluding hydrogens is 225 g/mol. The quantitative estimate of drug-likeness (QED) is 0.630. The molecule has 0 saturated heterocycles. The van der Waals surface area contributed by atoms with E-state index in [1.165, 1.54) is 0 Å². The maximum Gasteiger partial charge on any atom is 0.416 e. The van der Waals surface area contributed by atoms with E-state index in [0.29, 0.717) is 0 Å². The number of alkyl halides is 3. The lowest BCUT2D eigenvalue weighted by Crippen LogP contribution is -2.09. The predicted molar refractivity (Wildman–Crippen MR) is 48.2 cm³/mol. The van der Waals surface area contributed by atoms with Crippen molar-refractivity contribution in [2.45, 2.75) is 19.4 Å². The fraction of sp³-hybridized carbons (Fsp3) is 0.300. The van der Waals surface area contributed by atoms with Crippen molar-refractivity contribution < 1.29 is 27.8 Å². The topological polar surface area (TPSA) is 46.5 Å². The highest BCUT2D eigenvalue weighted by atomic mass is 19.4. The van der Waals surface area contributed by atoms with Crippen LogP contribution < -0.4 is 0 Å². The summed E-state index contributed by atoms with van der Waals surface area (Å²) in [4.78, 5) is 10.5. The average Bonchev–Trinajstić information content (AvgIpc) is 2.15. The van der Waals surface area contributed by atoms with E-state index in [1.54, 1.807) is 0 Å². The number of carbonyl (C=O) groups excluding carboxylic acids is 1. The minimum Gasteiger partial charge on any atom is -0.432 e. The molecule has 0 spiro atoms. The molecule has 0 amide bonds. The van der Waals surface area contributed by atoms with Crippen LogP contribution in [0.5, 0.6) is 0 Å². The number of aliphatic hydroxyl groups excluding tert-OH is 1. The summed E-state index contributed by atoms with van der Waals surface area (Å²) in [6.07, 6.45) is -5.97. The number of ether oxygens (including phenoxy) is 1. The van der Waals surface area contributed by atoms with E-state index in [-0.39, 0.29) is 5.56 Å². The van der Waals surface area contributed by atoms with Gasteiger partial charge in [0, 0.05) is 12.5 Å². The summed E-state index contributed by atoms with van der Waals surface area (Å²) in [5, 5.41) is 9.26. The zero-order chi connectivity index (χ0) is 12.3. The molecule has 1 aromatic rings. The third kappa shape index (κ3) is 3.23. The van der Waals surface area contributed by atoms with Gasteiger partial charge in [-0.25, -0.2) is 0 Å². The second kappa shape index (κ2) is 4.52. The molecule has 1 aromatic carbocycles. The number of benzene rings is 1. The molecule has 0 bridgehead atoms. The van der Waals surface area contributed by atoms with Crippen molar-refractivity contribution in [1.82, 2.24) is 0 Å². The minimum absolute atomic E-state index is 0.0863. The lowest BCUT2D eigenvalue weighted by Gasteiger charge is -2.12. The number of aliphatic hydroxyl groups is 1. The summed E-state index contributed by atoms with van der Waals surface area (Å²) in [5.41, 5.74) is -0.741. The van der Waals surface area contributed by atoms with E-state index in [1.807, 2.05) is 0 Å². The summed E-state index contributed by atoms with van der Waals surface area (Å²) < 4.78 is 40.9. The standard InChI is InChI=1S/C10H9F3O3/c1-6(14)16-9(15)7-2-4-8(5-3-7)10(11,12)13/h2-5,9,15H,1H3. The molecule has 88 valence electrons. The van der Waals surface area contributed by atoms with Gasteiger partial charge in [0.25, 0.3) is 0 Å². The molecule has 6 heteroatoms. The van der Waals surface area contributed by atoms with Gasteiger partial charge in [-0.3, -0.25) is 4.79 Å². The van der Waals surface area contributed by atoms with Crippen LogP contribution in [0.15, 0.2) is 24.3 Å². The van der Waals surface area contributed by atoms with Gasteiger partial charge in [0.1, 0.15) is 0 Å². The van der Waals surface area contributed by atoms with Gasteiger partial charge >= 0.3 is 12.1 Å². The monoisotopic (exact) mass is 234 g/mol. The molecule has 0 aliphatic heterocycles. The lowest BCUT2D eigenvalue weighted by molar-refractivity contribution is -0.166. The average molecular weight is 234 g/mol. The Morgan fingerprint density at radius 2 is 1.81 bits per heavy atom. The number of rotatable bonds is 2. The molecule has 0 aliphatic rings. The second-order valence-electron chi connectivity index (χ2n) is 3.08. The Balaban J connectivity index is 2.83. The number of esters is 1. The summed E-state index contributed by atoms with van der Waals surface area (Å²) >= 11 is 0. The first-order chi connectivity index (χ1) is 7.30. The third-order valence-electron chi connectivity index (χ3n) is 1.80. The Morgan fingerprint density at radius 3 is 2.19 bits per heavy atom. The molecule has 0 radical (unpaired) electrons. The Bertz CT molecular complexity index is 370. The fourth-order valence-corrected chi connectivity index (χ4v) is 1.06. The first kappa shape index (κ1) is 12.5. The van der Waals surface area contributed by atoms with Gasteiger partial charge in [-0.05, 0) is 12.1 Å². The van der Waals surface area contributed by atoms with Crippen LogP contribution in [0.3, 0.4) is 0 Å². The van der Waals surface area contributed by atoms with Crippen LogP contribution >= 0.6 is 0 Å². The van der Waals surface area contributed by atoms with Crippen LogP contribution in [0.25, 0.3) is 0 Å². The summed E-state index contributed by atoms with van der Waals surface area (Å²) in [6, 6.07) is 3.72. The summed E-state index contributed by atoms with van der Waals surface area (Å²) in [5.74, 6) is -0.715. The molecule has 16 heavy (non-hydrogen) atoms. The maximum absolute atomic E-state index is 12.2. The molecule has 1 atom stereocenters. The molecule has 1 N–H and O–H groups in total. The van der Waals surface area contributed by atoms with Crippen molar-refractivity contribution in [3.8, 4) is 0 Å². The Hall–Kier alpha value is -1.56. The zero-order valence-electron chi connectivity index (χ0n) is 8.28. The van der Waals surface area contributed by atoms with E-state index < -0.39 is 24.0 Å². The molecule has 0 heterocycles. The highest BCUT2D eigenvalue weighted by Gasteiger charge is 2.30. The Kier molecular flexibility index (Phi) is 3.54. The van der Waals surface area contributed by atoms with Crippen LogP contribution in [-0.4, -0.2) is 11.1 Å². The molecule has 1 unspecified atom stereocenters. The lowest BCUT2D eigenvalue weighted by atomic mass is 10.1. The van der Waals surface area contributed by atoms with Crippen molar-refractivity contribution in [3.05, 3.63) is 35.4 Å². The normalized spacial score (nSPS) is 13.3. The van der Waals surface area contributed by atoms with Gasteiger partial charge in [-0.15, -0.1) is 0 Å². The van der Waals surface area contributed by atoms with Crippen LogP contribution in [-0.2, 0) is 15.7 Å². The first-order valence-electron chi connectivity index (χ1n) is 4.33. The molecule has 0 fully saturated rings. The van der Waals surface area contributed by atoms with E-state index in [4.69, 9.17) is 0 Å². The molecule has 0 aliphatic carbocycles. The molecule has 0 aromatic heterocycles. The zero-order valence-corrected chi connectivity index (χ0v) is 8.28. The van der Waals surface area contributed by atoms with Crippen LogP contribution in [0.2, 0.25) is 0 Å². The molecule has 3 nitrogen and oxygen atoms in total. The van der Waals surface area contributed by atoms with E-state index in [0.717, 1.165) is 31.2 Å². The van der Waals surface area contributed by atoms with Crippen molar-refractivity contribution in [3.63, 3.8) is 0 Å². The summed E-state index contributed by atoms with van der Waals surface area (Å²) in [7, 11) is 0. The summed E-state index contributed by atoms with van der Waals surface area (Å²) in [6.45, 7) is 1.09. The van der Waals surface area contributed by atoms with Crippen molar-refractivity contribution in [2.24, 2.45) is 0 Å². The van der Waals surface area contributed by atoms with Crippen molar-refractivity contribution in [1.29, 1.82) is 0 Å². The van der Waals surface area contributed by atoms with Gasteiger partial charge in [0.05, 0.1) is 5.56 Å². The number of carbonyl (C=O) groups is 1. The minimum atomic E-state index is -4.43. The van der Waals surface area contributed by atoms with E-state index in [9.17, 15) is 23.1 Å². The number of hydrogen-bond acceptors (Lipinski definition) is 3. The second-order valence-corrected chi connectivity index (χ2v) is 3.08. The van der Waals surface area contributed by atoms with Crippen LogP contribution in [0.4, 0.5) is 13.2 Å².